The zero-order valence-electron chi connectivity index (χ0n) is 20.3. The van der Waals surface area contributed by atoms with Crippen LogP contribution >= 0.6 is 27.7 Å². The van der Waals surface area contributed by atoms with Crippen LogP contribution in [0.5, 0.6) is 11.5 Å². The highest BCUT2D eigenvalue weighted by atomic mass is 79.9. The van der Waals surface area contributed by atoms with E-state index in [1.54, 1.807) is 11.0 Å². The molecule has 0 fully saturated rings. The van der Waals surface area contributed by atoms with E-state index in [9.17, 15) is 4.79 Å². The predicted molar refractivity (Wildman–Crippen MR) is 153 cm³/mol. The lowest BCUT2D eigenvalue weighted by Gasteiger charge is -2.27. The van der Waals surface area contributed by atoms with Gasteiger partial charge in [0.05, 0.1) is 22.3 Å². The molecular weight excluding hydrogens is 550 g/mol. The van der Waals surface area contributed by atoms with Crippen molar-refractivity contribution >= 4 is 56.4 Å². The number of rotatable bonds is 7. The zero-order valence-corrected chi connectivity index (χ0v) is 22.7. The van der Waals surface area contributed by atoms with Crippen LogP contribution < -0.4 is 9.47 Å². The van der Waals surface area contributed by atoms with E-state index in [1.165, 1.54) is 17.3 Å². The van der Waals surface area contributed by atoms with Crippen molar-refractivity contribution < 1.29 is 14.3 Å². The Morgan fingerprint density at radius 2 is 1.84 bits per heavy atom. The molecule has 0 aliphatic carbocycles. The van der Waals surface area contributed by atoms with Crippen LogP contribution in [0.2, 0.25) is 0 Å². The Labute approximate surface area is 228 Å². The molecule has 5 rings (SSSR count). The van der Waals surface area contributed by atoms with Crippen LogP contribution in [0.1, 0.15) is 29.2 Å². The molecule has 3 aromatic rings. The number of amides is 1. The Balaban J connectivity index is 1.45. The molecule has 0 spiro atoms. The maximum absolute atomic E-state index is 12.9. The Hall–Kier alpha value is -3.62. The second-order valence-corrected chi connectivity index (χ2v) is 10.2. The summed E-state index contributed by atoms with van der Waals surface area (Å²) in [4.78, 5) is 18.9. The molecule has 0 aromatic heterocycles. The van der Waals surface area contributed by atoms with E-state index >= 15 is 0 Å². The average Bonchev–Trinajstić information content (AvgIpc) is 3.32. The van der Waals surface area contributed by atoms with Crippen LogP contribution in [0.25, 0.3) is 11.8 Å². The summed E-state index contributed by atoms with van der Waals surface area (Å²) >= 11 is 4.95. The number of aryl methyl sites for hydroxylation is 1. The summed E-state index contributed by atoms with van der Waals surface area (Å²) in [5.41, 5.74) is 4.92. The minimum Gasteiger partial charge on any atom is -0.490 e. The van der Waals surface area contributed by atoms with E-state index in [4.69, 9.17) is 14.9 Å². The van der Waals surface area contributed by atoms with Crippen LogP contribution in [0.15, 0.2) is 87.2 Å². The number of hydrogen-bond donors (Lipinski definition) is 1. The number of carbonyl (C=O) groups is 1. The van der Waals surface area contributed by atoms with Gasteiger partial charge in [-0.3, -0.25) is 15.1 Å². The van der Waals surface area contributed by atoms with E-state index in [0.717, 1.165) is 16.8 Å². The molecular formula is C29H24BrN3O3S. The van der Waals surface area contributed by atoms with Crippen molar-refractivity contribution in [2.24, 2.45) is 4.99 Å². The lowest BCUT2D eigenvalue weighted by atomic mass is 10.1. The van der Waals surface area contributed by atoms with Crippen molar-refractivity contribution in [3.8, 4) is 11.5 Å². The lowest BCUT2D eigenvalue weighted by Crippen LogP contribution is -2.38. The van der Waals surface area contributed by atoms with Crippen molar-refractivity contribution in [1.29, 1.82) is 5.41 Å². The van der Waals surface area contributed by atoms with Crippen molar-refractivity contribution in [1.82, 2.24) is 4.90 Å². The summed E-state index contributed by atoms with van der Waals surface area (Å²) in [6.45, 7) is 4.79. The molecule has 37 heavy (non-hydrogen) atoms. The Morgan fingerprint density at radius 3 is 2.57 bits per heavy atom. The molecule has 2 aliphatic heterocycles. The largest absolute Gasteiger partial charge is 0.490 e. The Kier molecular flexibility index (Phi) is 7.30. The number of aliphatic imine (C=N–C) groups is 1. The number of amidine groups is 2. The molecule has 0 unspecified atom stereocenters. The third-order valence-electron chi connectivity index (χ3n) is 5.83. The highest BCUT2D eigenvalue weighted by Crippen LogP contribution is 2.40. The minimum atomic E-state index is -0.444. The number of ether oxygens (including phenoxy) is 2. The fraction of sp³-hybridized carbons (Fsp3) is 0.138. The van der Waals surface area contributed by atoms with Crippen LogP contribution in [0, 0.1) is 12.3 Å². The maximum atomic E-state index is 12.9. The SMILES string of the molecule is CCOc1cc(/C=C2/C(=N)N3C(c4ccccc4)=CSC3=NC2=O)cc(Br)c1OCc1ccc(C)cc1. The summed E-state index contributed by atoms with van der Waals surface area (Å²) in [5.74, 6) is 0.778. The quantitative estimate of drug-likeness (QED) is 0.307. The lowest BCUT2D eigenvalue weighted by molar-refractivity contribution is -0.114. The number of fused-ring (bicyclic) bond motifs is 1. The molecule has 0 atom stereocenters. The molecule has 2 heterocycles. The average molecular weight is 575 g/mol. The molecule has 0 saturated carbocycles. The normalized spacial score (nSPS) is 16.0. The van der Waals surface area contributed by atoms with Gasteiger partial charge in [-0.15, -0.1) is 0 Å². The number of carbonyl (C=O) groups excluding carboxylic acids is 1. The summed E-state index contributed by atoms with van der Waals surface area (Å²) < 4.78 is 12.7. The molecule has 0 saturated heterocycles. The van der Waals surface area contributed by atoms with E-state index in [0.29, 0.717) is 39.9 Å². The molecule has 3 aromatic carbocycles. The van der Waals surface area contributed by atoms with Gasteiger partial charge < -0.3 is 9.47 Å². The van der Waals surface area contributed by atoms with Crippen LogP contribution in [-0.2, 0) is 11.4 Å². The maximum Gasteiger partial charge on any atom is 0.283 e. The van der Waals surface area contributed by atoms with Gasteiger partial charge in [-0.1, -0.05) is 71.9 Å². The smallest absolute Gasteiger partial charge is 0.283 e. The van der Waals surface area contributed by atoms with Crippen LogP contribution in [0.4, 0.5) is 0 Å². The fourth-order valence-electron chi connectivity index (χ4n) is 4.00. The van der Waals surface area contributed by atoms with Crippen molar-refractivity contribution in [3.63, 3.8) is 0 Å². The Morgan fingerprint density at radius 1 is 1.08 bits per heavy atom. The summed E-state index contributed by atoms with van der Waals surface area (Å²) in [7, 11) is 0. The van der Waals surface area contributed by atoms with Gasteiger partial charge in [-0.05, 0) is 64.7 Å². The molecule has 2 aliphatic rings. The van der Waals surface area contributed by atoms with Gasteiger partial charge in [0.25, 0.3) is 5.91 Å². The van der Waals surface area contributed by atoms with Crippen LogP contribution in [0.3, 0.4) is 0 Å². The van der Waals surface area contributed by atoms with Crippen molar-refractivity contribution in [3.05, 3.63) is 104 Å². The molecule has 186 valence electrons. The zero-order chi connectivity index (χ0) is 25.9. The van der Waals surface area contributed by atoms with Gasteiger partial charge >= 0.3 is 0 Å². The van der Waals surface area contributed by atoms with E-state index in [2.05, 4.69) is 20.9 Å². The van der Waals surface area contributed by atoms with Gasteiger partial charge in [0.1, 0.15) is 12.4 Å². The fourth-order valence-corrected chi connectivity index (χ4v) is 5.46. The van der Waals surface area contributed by atoms with Gasteiger partial charge in [-0.2, -0.15) is 4.99 Å². The molecule has 1 N–H and O–H groups in total. The van der Waals surface area contributed by atoms with E-state index in [-0.39, 0.29) is 11.4 Å². The standard InChI is InChI=1S/C29H24BrN3O3S/c1-3-35-25-15-20(14-23(30)26(25)36-16-19-11-9-18(2)10-12-19)13-22-27(31)33-24(21-7-5-4-6-8-21)17-37-29(33)32-28(22)34/h4-15,17,31H,3,16H2,1-2H3/b22-13-,31-27?. The first-order valence-electron chi connectivity index (χ1n) is 11.8. The summed E-state index contributed by atoms with van der Waals surface area (Å²) in [6.07, 6.45) is 1.67. The first-order valence-corrected chi connectivity index (χ1v) is 13.4. The second kappa shape index (κ2) is 10.8. The molecule has 6 nitrogen and oxygen atoms in total. The van der Waals surface area contributed by atoms with E-state index in [1.807, 2.05) is 86.0 Å². The van der Waals surface area contributed by atoms with Gasteiger partial charge in [-0.25, -0.2) is 0 Å². The van der Waals surface area contributed by atoms with Gasteiger partial charge in [0, 0.05) is 5.41 Å². The summed E-state index contributed by atoms with van der Waals surface area (Å²) in [5, 5.41) is 11.3. The van der Waals surface area contributed by atoms with Gasteiger partial charge in [0.2, 0.25) is 0 Å². The predicted octanol–water partition coefficient (Wildman–Crippen LogP) is 7.04. The number of halogens is 1. The number of hydrogen-bond acceptors (Lipinski definition) is 5. The second-order valence-electron chi connectivity index (χ2n) is 8.47. The highest BCUT2D eigenvalue weighted by Gasteiger charge is 2.36. The summed E-state index contributed by atoms with van der Waals surface area (Å²) in [6, 6.07) is 21.6. The van der Waals surface area contributed by atoms with E-state index < -0.39 is 5.91 Å². The van der Waals surface area contributed by atoms with Gasteiger partial charge in [0.15, 0.2) is 16.7 Å². The molecule has 0 radical (unpaired) electrons. The molecule has 1 amide bonds. The number of nitrogens with zero attached hydrogens (tertiary/aromatic N) is 2. The van der Waals surface area contributed by atoms with Crippen LogP contribution in [-0.4, -0.2) is 28.4 Å². The highest BCUT2D eigenvalue weighted by molar-refractivity contribution is 9.10. The molecule has 0 bridgehead atoms. The third-order valence-corrected chi connectivity index (χ3v) is 7.25. The third kappa shape index (κ3) is 5.26. The van der Waals surface area contributed by atoms with Crippen molar-refractivity contribution in [2.75, 3.05) is 6.61 Å². The monoisotopic (exact) mass is 573 g/mol. The number of benzene rings is 3. The first kappa shape index (κ1) is 25.0. The first-order chi connectivity index (χ1) is 17.9. The number of thioether (sulfide) groups is 1. The minimum absolute atomic E-state index is 0.0869. The Bertz CT molecular complexity index is 1460. The topological polar surface area (TPSA) is 75.0 Å². The van der Waals surface area contributed by atoms with Crippen molar-refractivity contribution in [2.45, 2.75) is 20.5 Å². The molecule has 8 heteroatoms. The number of nitrogens with one attached hydrogen (secondary N) is 1.